The molecular formula is C16H19NO3. The Morgan fingerprint density at radius 2 is 1.70 bits per heavy atom. The fourth-order valence-corrected chi connectivity index (χ4v) is 3.89. The fraction of sp³-hybridized carbons (Fsp3) is 0.500. The van der Waals surface area contributed by atoms with Gasteiger partial charge in [-0.25, -0.2) is 0 Å². The number of hydrogen-bond donors (Lipinski definition) is 2. The van der Waals surface area contributed by atoms with Crippen molar-refractivity contribution in [3.05, 3.63) is 29.8 Å². The van der Waals surface area contributed by atoms with E-state index in [1.807, 2.05) is 31.2 Å². The second-order valence-electron chi connectivity index (χ2n) is 6.08. The lowest BCUT2D eigenvalue weighted by Crippen LogP contribution is -2.37. The molecule has 1 amide bonds. The van der Waals surface area contributed by atoms with Crippen molar-refractivity contribution in [3.63, 3.8) is 0 Å². The van der Waals surface area contributed by atoms with Crippen molar-refractivity contribution in [1.29, 1.82) is 0 Å². The highest BCUT2D eigenvalue weighted by molar-refractivity contribution is 5.96. The molecule has 0 aliphatic heterocycles. The molecule has 20 heavy (non-hydrogen) atoms. The van der Waals surface area contributed by atoms with Crippen molar-refractivity contribution < 1.29 is 14.7 Å². The van der Waals surface area contributed by atoms with Gasteiger partial charge in [-0.15, -0.1) is 0 Å². The first-order valence-corrected chi connectivity index (χ1v) is 7.16. The van der Waals surface area contributed by atoms with E-state index in [0.717, 1.165) is 30.5 Å². The Morgan fingerprint density at radius 3 is 2.30 bits per heavy atom. The number of nitrogens with one attached hydrogen (secondary N) is 1. The monoisotopic (exact) mass is 273 g/mol. The van der Waals surface area contributed by atoms with Gasteiger partial charge >= 0.3 is 5.97 Å². The zero-order valence-electron chi connectivity index (χ0n) is 11.5. The van der Waals surface area contributed by atoms with E-state index in [0.29, 0.717) is 0 Å². The van der Waals surface area contributed by atoms with E-state index in [-0.39, 0.29) is 23.7 Å². The highest BCUT2D eigenvalue weighted by Crippen LogP contribution is 2.52. The summed E-state index contributed by atoms with van der Waals surface area (Å²) >= 11 is 0. The van der Waals surface area contributed by atoms with Crippen molar-refractivity contribution >= 4 is 17.6 Å². The summed E-state index contributed by atoms with van der Waals surface area (Å²) in [6.07, 6.45) is 2.83. The third-order valence-electron chi connectivity index (χ3n) is 4.82. The summed E-state index contributed by atoms with van der Waals surface area (Å²) in [4.78, 5) is 23.9. The average molecular weight is 273 g/mol. The molecule has 0 heterocycles. The van der Waals surface area contributed by atoms with Crippen LogP contribution in [0.4, 0.5) is 5.69 Å². The van der Waals surface area contributed by atoms with Crippen LogP contribution in [-0.2, 0) is 9.59 Å². The number of fused-ring (bicyclic) bond motifs is 2. The first-order valence-electron chi connectivity index (χ1n) is 7.16. The van der Waals surface area contributed by atoms with Gasteiger partial charge in [0.05, 0.1) is 11.8 Å². The molecule has 1 aromatic carbocycles. The number of benzene rings is 1. The van der Waals surface area contributed by atoms with Gasteiger partial charge in [-0.2, -0.15) is 0 Å². The van der Waals surface area contributed by atoms with E-state index in [4.69, 9.17) is 0 Å². The van der Waals surface area contributed by atoms with E-state index in [2.05, 4.69) is 5.32 Å². The van der Waals surface area contributed by atoms with Crippen LogP contribution in [0.5, 0.6) is 0 Å². The van der Waals surface area contributed by atoms with Gasteiger partial charge in [0, 0.05) is 5.69 Å². The molecule has 3 rings (SSSR count). The van der Waals surface area contributed by atoms with Crippen LogP contribution in [0.3, 0.4) is 0 Å². The lowest BCUT2D eigenvalue weighted by atomic mass is 9.78. The van der Waals surface area contributed by atoms with Crippen LogP contribution >= 0.6 is 0 Å². The number of carbonyl (C=O) groups is 2. The minimum atomic E-state index is -0.818. The zero-order valence-corrected chi connectivity index (χ0v) is 11.5. The summed E-state index contributed by atoms with van der Waals surface area (Å²) in [6.45, 7) is 1.99. The number of hydrogen-bond acceptors (Lipinski definition) is 2. The van der Waals surface area contributed by atoms with Gasteiger partial charge in [0.2, 0.25) is 5.91 Å². The van der Waals surface area contributed by atoms with Crippen LogP contribution in [0.25, 0.3) is 0 Å². The van der Waals surface area contributed by atoms with Gasteiger partial charge in [0.25, 0.3) is 0 Å². The molecule has 0 radical (unpaired) electrons. The Bertz CT molecular complexity index is 537. The molecule has 0 spiro atoms. The summed E-state index contributed by atoms with van der Waals surface area (Å²) in [5.41, 5.74) is 1.87. The Hall–Kier alpha value is -1.84. The maximum Gasteiger partial charge on any atom is 0.307 e. The molecule has 106 valence electrons. The van der Waals surface area contributed by atoms with Crippen LogP contribution in [0.2, 0.25) is 0 Å². The number of aliphatic carboxylic acids is 1. The van der Waals surface area contributed by atoms with Gasteiger partial charge < -0.3 is 10.4 Å². The lowest BCUT2D eigenvalue weighted by Gasteiger charge is -2.27. The molecule has 0 unspecified atom stereocenters. The summed E-state index contributed by atoms with van der Waals surface area (Å²) in [7, 11) is 0. The van der Waals surface area contributed by atoms with E-state index in [1.54, 1.807) is 0 Å². The highest BCUT2D eigenvalue weighted by atomic mass is 16.4. The Kier molecular flexibility index (Phi) is 3.24. The molecule has 4 atom stereocenters. The predicted molar refractivity (Wildman–Crippen MR) is 75.3 cm³/mol. The van der Waals surface area contributed by atoms with Gasteiger partial charge in [-0.3, -0.25) is 9.59 Å². The standard InChI is InChI=1S/C16H19NO3/c1-9-2-6-12(7-3-9)17-15(18)13-10-4-5-11(8-10)14(13)16(19)20/h2-3,6-7,10-11,13-14H,4-5,8H2,1H3,(H,17,18)(H,19,20)/t10-,11-,13-,14+/m0/s1. The first kappa shape index (κ1) is 13.2. The Morgan fingerprint density at radius 1 is 1.10 bits per heavy atom. The molecule has 4 nitrogen and oxygen atoms in total. The molecule has 4 heteroatoms. The van der Waals surface area contributed by atoms with E-state index < -0.39 is 11.9 Å². The number of amides is 1. The molecule has 2 N–H and O–H groups in total. The number of carboxylic acid groups (broad SMARTS) is 1. The maximum atomic E-state index is 12.4. The minimum absolute atomic E-state index is 0.131. The quantitative estimate of drug-likeness (QED) is 0.889. The number of anilines is 1. The number of carboxylic acids is 1. The Labute approximate surface area is 118 Å². The van der Waals surface area contributed by atoms with E-state index in [1.165, 1.54) is 0 Å². The van der Waals surface area contributed by atoms with Crippen molar-refractivity contribution in [2.24, 2.45) is 23.7 Å². The van der Waals surface area contributed by atoms with Crippen LogP contribution in [0, 0.1) is 30.6 Å². The van der Waals surface area contributed by atoms with Crippen LogP contribution in [0.1, 0.15) is 24.8 Å². The van der Waals surface area contributed by atoms with Gasteiger partial charge in [0.15, 0.2) is 0 Å². The topological polar surface area (TPSA) is 66.4 Å². The van der Waals surface area contributed by atoms with Crippen LogP contribution in [-0.4, -0.2) is 17.0 Å². The van der Waals surface area contributed by atoms with E-state index in [9.17, 15) is 14.7 Å². The molecule has 1 aromatic rings. The summed E-state index contributed by atoms with van der Waals surface area (Å²) in [5, 5.41) is 12.3. The van der Waals surface area contributed by atoms with Gasteiger partial charge in [0.1, 0.15) is 0 Å². The molecule has 2 bridgehead atoms. The second kappa shape index (κ2) is 4.93. The van der Waals surface area contributed by atoms with Gasteiger partial charge in [-0.05, 0) is 50.2 Å². The number of aryl methyl sites for hydroxylation is 1. The predicted octanol–water partition coefficient (Wildman–Crippen LogP) is 2.68. The summed E-state index contributed by atoms with van der Waals surface area (Å²) < 4.78 is 0. The molecular weight excluding hydrogens is 254 g/mol. The Balaban J connectivity index is 1.76. The highest BCUT2D eigenvalue weighted by Gasteiger charge is 2.53. The fourth-order valence-electron chi connectivity index (χ4n) is 3.89. The molecule has 0 aromatic heterocycles. The zero-order chi connectivity index (χ0) is 14.3. The van der Waals surface area contributed by atoms with Crippen molar-refractivity contribution in [3.8, 4) is 0 Å². The molecule has 2 fully saturated rings. The SMILES string of the molecule is Cc1ccc(NC(=O)[C@H]2[C@H]3CC[C@@H](C3)[C@H]2C(=O)O)cc1. The second-order valence-corrected chi connectivity index (χ2v) is 6.08. The van der Waals surface area contributed by atoms with Gasteiger partial charge in [-0.1, -0.05) is 17.7 Å². The largest absolute Gasteiger partial charge is 0.481 e. The molecule has 0 saturated heterocycles. The number of rotatable bonds is 3. The van der Waals surface area contributed by atoms with Crippen LogP contribution in [0.15, 0.2) is 24.3 Å². The first-order chi connectivity index (χ1) is 9.56. The lowest BCUT2D eigenvalue weighted by molar-refractivity contribution is -0.148. The molecule has 2 saturated carbocycles. The third kappa shape index (κ3) is 2.19. The van der Waals surface area contributed by atoms with Crippen molar-refractivity contribution in [2.45, 2.75) is 26.2 Å². The molecule has 2 aliphatic rings. The van der Waals surface area contributed by atoms with Crippen LogP contribution < -0.4 is 5.32 Å². The molecule has 2 aliphatic carbocycles. The minimum Gasteiger partial charge on any atom is -0.481 e. The normalized spacial score (nSPS) is 31.2. The smallest absolute Gasteiger partial charge is 0.307 e. The maximum absolute atomic E-state index is 12.4. The van der Waals surface area contributed by atoms with E-state index >= 15 is 0 Å². The third-order valence-corrected chi connectivity index (χ3v) is 4.82. The van der Waals surface area contributed by atoms with Crippen molar-refractivity contribution in [2.75, 3.05) is 5.32 Å². The number of carbonyl (C=O) groups excluding carboxylic acids is 1. The summed E-state index contributed by atoms with van der Waals surface area (Å²) in [5.74, 6) is -1.39. The summed E-state index contributed by atoms with van der Waals surface area (Å²) in [6, 6.07) is 7.59. The van der Waals surface area contributed by atoms with Crippen molar-refractivity contribution in [1.82, 2.24) is 0 Å². The average Bonchev–Trinajstić information content (AvgIpc) is 3.01.